The number of carboxylic acid groups (broad SMARTS) is 2. The second-order valence-corrected chi connectivity index (χ2v) is 0.266. The maximum atomic E-state index is 8.44. The third kappa shape index (κ3) is 14400. The van der Waals surface area contributed by atoms with E-state index in [1.54, 1.807) is 0 Å². The van der Waals surface area contributed by atoms with Gasteiger partial charge in [0.2, 0.25) is 6.16 Å². The smallest absolute Gasteiger partial charge is 0.249 e. The summed E-state index contributed by atoms with van der Waals surface area (Å²) in [6.07, 6.45) is -2.08. The molecule has 0 rings (SSSR count). The van der Waals surface area contributed by atoms with Crippen molar-refractivity contribution in [1.29, 1.82) is 0 Å². The van der Waals surface area contributed by atoms with Gasteiger partial charge in [-0.05, 0) is 0 Å². The Kier molecular flexibility index (Phi) is 2050. The zero-order chi connectivity index (χ0) is 3.58. The molecule has 0 spiro atoms. The first-order valence-electron chi connectivity index (χ1n) is 0.632. The number of carbonyl (C=O) groups is 1. The SMILES string of the molecule is O.O.O.O.O.O.O.O.O=C([O-])O.[Nd]. The van der Waals surface area contributed by atoms with E-state index in [0.717, 1.165) is 0 Å². The Balaban J connectivity index is -0.00000000125. The average Bonchev–Trinajstić information content (AvgIpc) is 0.811. The Morgan fingerprint density at radius 3 is 0.769 bits per heavy atom. The Hall–Kier alpha value is 0.301. The van der Waals surface area contributed by atoms with Crippen molar-refractivity contribution < 1.29 is 99.7 Å². The minimum atomic E-state index is -2.08. The van der Waals surface area contributed by atoms with Gasteiger partial charge in [-0.2, -0.15) is 0 Å². The molecule has 0 aromatic heterocycles. The molecule has 0 unspecified atom stereocenters. The fourth-order valence-corrected chi connectivity index (χ4v) is 0. The normalized spacial score (nSPS) is 1.85. The summed E-state index contributed by atoms with van der Waals surface area (Å²) in [5.41, 5.74) is 0. The van der Waals surface area contributed by atoms with Crippen molar-refractivity contribution in [2.75, 3.05) is 0 Å². The van der Waals surface area contributed by atoms with E-state index in [2.05, 4.69) is 0 Å². The molecule has 92 valence electrons. The molecule has 0 aliphatic heterocycles. The van der Waals surface area contributed by atoms with Crippen LogP contribution in [0.1, 0.15) is 0 Å². The van der Waals surface area contributed by atoms with E-state index < -0.39 is 6.16 Å². The molecule has 13 heavy (non-hydrogen) atoms. The number of hydrogen-bond acceptors (Lipinski definition) is 2. The second kappa shape index (κ2) is 144. The van der Waals surface area contributed by atoms with Gasteiger partial charge in [-0.25, -0.2) is 0 Å². The molecule has 0 saturated heterocycles. The molecule has 0 bridgehead atoms. The molecule has 0 heterocycles. The quantitative estimate of drug-likeness (QED) is 0.445. The van der Waals surface area contributed by atoms with Crippen molar-refractivity contribution in [3.8, 4) is 0 Å². The first kappa shape index (κ1) is 185. The van der Waals surface area contributed by atoms with Crippen LogP contribution in [0.3, 0.4) is 0 Å². The van der Waals surface area contributed by atoms with E-state index in [4.69, 9.17) is 15.0 Å². The Labute approximate surface area is 105 Å². The van der Waals surface area contributed by atoms with Gasteiger partial charge in [-0.15, -0.1) is 0 Å². The molecule has 12 heteroatoms. The summed E-state index contributed by atoms with van der Waals surface area (Å²) in [7, 11) is 0. The third-order valence-electron chi connectivity index (χ3n) is 0. The molecule has 0 aliphatic rings. The molecule has 0 radical (unpaired) electrons. The van der Waals surface area contributed by atoms with E-state index in [9.17, 15) is 0 Å². The second-order valence-electron chi connectivity index (χ2n) is 0.266. The molecule has 11 nitrogen and oxygen atoms in total. The Bertz CT molecular complexity index is 33.1. The molecule has 0 aromatic rings. The largest absolute Gasteiger partial charge is 0.565 e. The summed E-state index contributed by atoms with van der Waals surface area (Å²) in [6, 6.07) is 0. The number of rotatable bonds is 0. The maximum Gasteiger partial charge on any atom is 0.249 e. The molecule has 0 fully saturated rings. The van der Waals surface area contributed by atoms with Gasteiger partial charge in [0.05, 0.1) is 0 Å². The third-order valence-corrected chi connectivity index (χ3v) is 0. The first-order valence-corrected chi connectivity index (χ1v) is 0.632. The van der Waals surface area contributed by atoms with Gasteiger partial charge in [-0.3, -0.25) is 0 Å². The molecule has 0 aliphatic carbocycles. The van der Waals surface area contributed by atoms with Crippen LogP contribution in [-0.4, -0.2) is 55.1 Å². The van der Waals surface area contributed by atoms with Gasteiger partial charge in [0.1, 0.15) is 0 Å². The van der Waals surface area contributed by atoms with Crippen LogP contribution in [0.15, 0.2) is 0 Å². The van der Waals surface area contributed by atoms with Crippen molar-refractivity contribution in [3.05, 3.63) is 0 Å². The summed E-state index contributed by atoms with van der Waals surface area (Å²) in [5.74, 6) is 0. The van der Waals surface area contributed by atoms with Crippen LogP contribution in [0, 0.1) is 40.8 Å². The van der Waals surface area contributed by atoms with Gasteiger partial charge in [0.25, 0.3) is 0 Å². The van der Waals surface area contributed by atoms with Gasteiger partial charge in [-0.1, -0.05) is 0 Å². The fraction of sp³-hybridized carbons (Fsp3) is 0. The van der Waals surface area contributed by atoms with Crippen molar-refractivity contribution in [2.45, 2.75) is 0 Å². The zero-order valence-electron chi connectivity index (χ0n) is 6.26. The summed E-state index contributed by atoms with van der Waals surface area (Å²) < 4.78 is 0. The van der Waals surface area contributed by atoms with E-state index in [1.807, 2.05) is 0 Å². The van der Waals surface area contributed by atoms with Crippen LogP contribution >= 0.6 is 0 Å². The Morgan fingerprint density at radius 2 is 0.769 bits per heavy atom. The van der Waals surface area contributed by atoms with Gasteiger partial charge >= 0.3 is 0 Å². The molecule has 0 amide bonds. The van der Waals surface area contributed by atoms with Crippen molar-refractivity contribution in [1.82, 2.24) is 0 Å². The Morgan fingerprint density at radius 1 is 0.769 bits per heavy atom. The van der Waals surface area contributed by atoms with Gasteiger partial charge < -0.3 is 58.8 Å². The van der Waals surface area contributed by atoms with Crippen LogP contribution in [0.5, 0.6) is 0 Å². The van der Waals surface area contributed by atoms with Crippen molar-refractivity contribution in [2.24, 2.45) is 0 Å². The molecular weight excluding hydrogens is 332 g/mol. The topological polar surface area (TPSA) is 312 Å². The van der Waals surface area contributed by atoms with Crippen molar-refractivity contribution >= 4 is 6.16 Å². The molecular formula is CH17NdO11-. The zero-order valence-corrected chi connectivity index (χ0v) is 9.47. The van der Waals surface area contributed by atoms with Crippen molar-refractivity contribution in [3.63, 3.8) is 0 Å². The van der Waals surface area contributed by atoms with E-state index in [-0.39, 0.29) is 84.6 Å². The molecule has 17 N–H and O–H groups in total. The van der Waals surface area contributed by atoms with E-state index in [0.29, 0.717) is 0 Å². The monoisotopic (exact) mass is 347 g/mol. The fourth-order valence-electron chi connectivity index (χ4n) is 0. The molecule has 0 aromatic carbocycles. The van der Waals surface area contributed by atoms with Gasteiger partial charge in [0.15, 0.2) is 0 Å². The first-order chi connectivity index (χ1) is 1.73. The molecule has 0 atom stereocenters. The maximum absolute atomic E-state index is 8.44. The minimum absolute atomic E-state index is 0. The van der Waals surface area contributed by atoms with E-state index in [1.165, 1.54) is 0 Å². The average molecular weight is 349 g/mol. The molecule has 0 saturated carbocycles. The predicted octanol–water partition coefficient (Wildman–Crippen LogP) is -7.71. The minimum Gasteiger partial charge on any atom is -0.565 e. The van der Waals surface area contributed by atoms with Crippen LogP contribution in [-0.2, 0) is 0 Å². The standard InChI is InChI=1S/CH2O3.Nd.8H2O/c2-1(3)4;;;;;;;;;/h(H2,2,3,4);;8*1H2/p-1. The van der Waals surface area contributed by atoms with Crippen LogP contribution < -0.4 is 5.11 Å². The van der Waals surface area contributed by atoms with Crippen LogP contribution in [0.4, 0.5) is 4.79 Å². The van der Waals surface area contributed by atoms with Crippen LogP contribution in [0.2, 0.25) is 0 Å². The summed E-state index contributed by atoms with van der Waals surface area (Å²) in [6.45, 7) is 0. The summed E-state index contributed by atoms with van der Waals surface area (Å²) in [4.78, 5) is 8.44. The number of hydrogen-bond donors (Lipinski definition) is 1. The van der Waals surface area contributed by atoms with Gasteiger partial charge in [0, 0.05) is 40.8 Å². The predicted molar refractivity (Wildman–Crippen MR) is 36.9 cm³/mol. The summed E-state index contributed by atoms with van der Waals surface area (Å²) >= 11 is 0. The van der Waals surface area contributed by atoms with E-state index >= 15 is 0 Å². The van der Waals surface area contributed by atoms with Crippen LogP contribution in [0.25, 0.3) is 0 Å². The summed E-state index contributed by atoms with van der Waals surface area (Å²) in [5, 5.41) is 15.3.